The maximum Gasteiger partial charge on any atom is 0.315 e. The summed E-state index contributed by atoms with van der Waals surface area (Å²) in [6, 6.07) is 2.03. The van der Waals surface area contributed by atoms with E-state index in [0.29, 0.717) is 12.5 Å². The average Bonchev–Trinajstić information content (AvgIpc) is 3.29. The lowest BCUT2D eigenvalue weighted by Gasteiger charge is -2.17. The van der Waals surface area contributed by atoms with Gasteiger partial charge < -0.3 is 20.5 Å². The average molecular weight is 328 g/mol. The van der Waals surface area contributed by atoms with Gasteiger partial charge in [0.1, 0.15) is 11.6 Å². The number of carbonyl (C=O) groups is 1. The van der Waals surface area contributed by atoms with Crippen molar-refractivity contribution in [1.29, 1.82) is 0 Å². The van der Waals surface area contributed by atoms with Crippen LogP contribution in [-0.2, 0) is 4.74 Å². The number of hydrogen-bond acceptors (Lipinski definition) is 3. The van der Waals surface area contributed by atoms with Gasteiger partial charge in [0.25, 0.3) is 0 Å². The SMILES string of the molecule is CC(NC(=O)NCC(O)COCC1CC1)c1ccc(F)cc1F. The topological polar surface area (TPSA) is 70.6 Å². The summed E-state index contributed by atoms with van der Waals surface area (Å²) in [6.07, 6.45) is 1.56. The lowest BCUT2D eigenvalue weighted by Crippen LogP contribution is -2.42. The van der Waals surface area contributed by atoms with E-state index < -0.39 is 29.8 Å². The third-order valence-corrected chi connectivity index (χ3v) is 3.64. The summed E-state index contributed by atoms with van der Waals surface area (Å²) in [5.74, 6) is -0.770. The van der Waals surface area contributed by atoms with Gasteiger partial charge in [-0.15, -0.1) is 0 Å². The molecule has 2 amide bonds. The Morgan fingerprint density at radius 3 is 2.83 bits per heavy atom. The van der Waals surface area contributed by atoms with Crippen LogP contribution in [0.3, 0.4) is 0 Å². The first kappa shape index (κ1) is 17.6. The fourth-order valence-electron chi connectivity index (χ4n) is 2.10. The molecule has 1 aromatic carbocycles. The molecule has 1 aliphatic rings. The zero-order valence-corrected chi connectivity index (χ0v) is 13.0. The fourth-order valence-corrected chi connectivity index (χ4v) is 2.10. The smallest absolute Gasteiger partial charge is 0.315 e. The van der Waals surface area contributed by atoms with Crippen LogP contribution in [0.4, 0.5) is 13.6 Å². The molecule has 7 heteroatoms. The minimum absolute atomic E-state index is 0.0368. The zero-order valence-electron chi connectivity index (χ0n) is 13.0. The van der Waals surface area contributed by atoms with Crippen LogP contribution in [0.1, 0.15) is 31.4 Å². The standard InChI is InChI=1S/C16H22F2N2O3/c1-10(14-5-4-12(17)6-15(14)18)20-16(22)19-7-13(21)9-23-8-11-2-3-11/h4-6,10-11,13,21H,2-3,7-9H2,1H3,(H2,19,20,22). The molecule has 128 valence electrons. The lowest BCUT2D eigenvalue weighted by atomic mass is 10.1. The van der Waals surface area contributed by atoms with Gasteiger partial charge in [0, 0.05) is 24.8 Å². The maximum absolute atomic E-state index is 13.6. The first-order chi connectivity index (χ1) is 11.0. The summed E-state index contributed by atoms with van der Waals surface area (Å²) in [7, 11) is 0. The molecule has 0 bridgehead atoms. The van der Waals surface area contributed by atoms with Gasteiger partial charge in [-0.1, -0.05) is 6.07 Å². The van der Waals surface area contributed by atoms with Crippen molar-refractivity contribution < 1.29 is 23.4 Å². The Morgan fingerprint density at radius 1 is 1.43 bits per heavy atom. The molecule has 0 spiro atoms. The predicted octanol–water partition coefficient (Wildman–Crippen LogP) is 2.11. The third-order valence-electron chi connectivity index (χ3n) is 3.64. The number of hydrogen-bond donors (Lipinski definition) is 3. The van der Waals surface area contributed by atoms with Crippen LogP contribution in [0.25, 0.3) is 0 Å². The largest absolute Gasteiger partial charge is 0.389 e. The van der Waals surface area contributed by atoms with E-state index in [2.05, 4.69) is 10.6 Å². The molecule has 1 saturated carbocycles. The van der Waals surface area contributed by atoms with Crippen molar-refractivity contribution >= 4 is 6.03 Å². The number of nitrogens with one attached hydrogen (secondary N) is 2. The number of rotatable bonds is 8. The molecule has 1 fully saturated rings. The Morgan fingerprint density at radius 2 is 2.17 bits per heavy atom. The van der Waals surface area contributed by atoms with Crippen LogP contribution in [0.15, 0.2) is 18.2 Å². The predicted molar refractivity (Wildman–Crippen MR) is 80.9 cm³/mol. The van der Waals surface area contributed by atoms with Crippen LogP contribution in [-0.4, -0.2) is 37.0 Å². The minimum atomic E-state index is -0.794. The molecule has 0 heterocycles. The van der Waals surface area contributed by atoms with Crippen molar-refractivity contribution in [2.24, 2.45) is 5.92 Å². The number of amides is 2. The van der Waals surface area contributed by atoms with E-state index in [1.165, 1.54) is 18.9 Å². The monoisotopic (exact) mass is 328 g/mol. The molecule has 2 atom stereocenters. The number of aliphatic hydroxyl groups excluding tert-OH is 1. The molecule has 3 N–H and O–H groups in total. The third kappa shape index (κ3) is 6.11. The first-order valence-electron chi connectivity index (χ1n) is 7.71. The molecule has 5 nitrogen and oxygen atoms in total. The highest BCUT2D eigenvalue weighted by atomic mass is 19.1. The fraction of sp³-hybridized carbons (Fsp3) is 0.562. The Hall–Kier alpha value is -1.73. The van der Waals surface area contributed by atoms with Crippen molar-refractivity contribution in [1.82, 2.24) is 10.6 Å². The highest BCUT2D eigenvalue weighted by Crippen LogP contribution is 2.28. The van der Waals surface area contributed by atoms with E-state index in [4.69, 9.17) is 4.74 Å². The van der Waals surface area contributed by atoms with E-state index in [9.17, 15) is 18.7 Å². The number of carbonyl (C=O) groups excluding carboxylic acids is 1. The van der Waals surface area contributed by atoms with E-state index in [1.807, 2.05) is 0 Å². The zero-order chi connectivity index (χ0) is 16.8. The van der Waals surface area contributed by atoms with E-state index in [-0.39, 0.29) is 18.7 Å². The van der Waals surface area contributed by atoms with Crippen LogP contribution < -0.4 is 10.6 Å². The molecule has 23 heavy (non-hydrogen) atoms. The maximum atomic E-state index is 13.6. The molecule has 1 aliphatic carbocycles. The Kier molecular flexibility index (Phi) is 6.29. The summed E-state index contributed by atoms with van der Waals surface area (Å²) in [6.45, 7) is 2.43. The molecule has 0 saturated heterocycles. The molecular weight excluding hydrogens is 306 g/mol. The van der Waals surface area contributed by atoms with E-state index in [1.54, 1.807) is 6.92 Å². The Balaban J connectivity index is 1.68. The van der Waals surface area contributed by atoms with Gasteiger partial charge >= 0.3 is 6.03 Å². The second-order valence-electron chi connectivity index (χ2n) is 5.88. The molecule has 2 unspecified atom stereocenters. The van der Waals surface area contributed by atoms with Gasteiger partial charge in [0.2, 0.25) is 0 Å². The molecule has 1 aromatic rings. The van der Waals surface area contributed by atoms with Crippen LogP contribution >= 0.6 is 0 Å². The van der Waals surface area contributed by atoms with E-state index >= 15 is 0 Å². The molecule has 0 radical (unpaired) electrons. The van der Waals surface area contributed by atoms with Crippen molar-refractivity contribution in [3.05, 3.63) is 35.4 Å². The highest BCUT2D eigenvalue weighted by molar-refractivity contribution is 5.74. The van der Waals surface area contributed by atoms with Gasteiger partial charge in [-0.25, -0.2) is 13.6 Å². The van der Waals surface area contributed by atoms with Gasteiger partial charge in [-0.05, 0) is 31.7 Å². The van der Waals surface area contributed by atoms with Crippen LogP contribution in [0.5, 0.6) is 0 Å². The molecular formula is C16H22F2N2O3. The van der Waals surface area contributed by atoms with Crippen molar-refractivity contribution in [3.8, 4) is 0 Å². The van der Waals surface area contributed by atoms with Gasteiger partial charge in [-0.2, -0.15) is 0 Å². The van der Waals surface area contributed by atoms with Crippen molar-refractivity contribution in [3.63, 3.8) is 0 Å². The first-order valence-corrected chi connectivity index (χ1v) is 7.71. The number of benzene rings is 1. The normalized spacial score (nSPS) is 16.7. The molecule has 2 rings (SSSR count). The van der Waals surface area contributed by atoms with Gasteiger partial charge in [0.15, 0.2) is 0 Å². The number of urea groups is 1. The van der Waals surface area contributed by atoms with Gasteiger partial charge in [0.05, 0.1) is 18.8 Å². The Bertz CT molecular complexity index is 538. The van der Waals surface area contributed by atoms with E-state index in [0.717, 1.165) is 12.1 Å². The summed E-state index contributed by atoms with van der Waals surface area (Å²) < 4.78 is 31.8. The van der Waals surface area contributed by atoms with Crippen molar-refractivity contribution in [2.45, 2.75) is 31.9 Å². The van der Waals surface area contributed by atoms with Crippen LogP contribution in [0, 0.1) is 17.6 Å². The second kappa shape index (κ2) is 8.21. The number of aliphatic hydroxyl groups is 1. The van der Waals surface area contributed by atoms with Crippen LogP contribution in [0.2, 0.25) is 0 Å². The summed E-state index contributed by atoms with van der Waals surface area (Å²) in [5, 5.41) is 14.7. The minimum Gasteiger partial charge on any atom is -0.389 e. The lowest BCUT2D eigenvalue weighted by molar-refractivity contribution is 0.0337. The molecule has 0 aliphatic heterocycles. The second-order valence-corrected chi connectivity index (χ2v) is 5.88. The van der Waals surface area contributed by atoms with Gasteiger partial charge in [-0.3, -0.25) is 0 Å². The summed E-state index contributed by atoms with van der Waals surface area (Å²) in [5.41, 5.74) is 0.190. The summed E-state index contributed by atoms with van der Waals surface area (Å²) >= 11 is 0. The quantitative estimate of drug-likeness (QED) is 0.684. The molecule has 0 aromatic heterocycles. The highest BCUT2D eigenvalue weighted by Gasteiger charge is 2.21. The number of halogens is 2. The van der Waals surface area contributed by atoms with Crippen molar-refractivity contribution in [2.75, 3.05) is 19.8 Å². The summed E-state index contributed by atoms with van der Waals surface area (Å²) in [4.78, 5) is 11.7. The number of ether oxygens (including phenoxy) is 1. The Labute approximate surface area is 134 Å².